The second kappa shape index (κ2) is 8.72. The van der Waals surface area contributed by atoms with Crippen molar-refractivity contribution >= 4 is 23.2 Å². The third-order valence-electron chi connectivity index (χ3n) is 2.27. The van der Waals surface area contributed by atoms with Crippen molar-refractivity contribution in [1.29, 1.82) is 0 Å². The number of methoxy groups -OCH3 is 1. The van der Waals surface area contributed by atoms with Crippen molar-refractivity contribution in [2.24, 2.45) is 0 Å². The van der Waals surface area contributed by atoms with E-state index in [1.807, 2.05) is 18.2 Å². The second-order valence-electron chi connectivity index (χ2n) is 3.67. The Balaban J connectivity index is 2.11. The predicted molar refractivity (Wildman–Crippen MR) is 72.9 cm³/mol. The van der Waals surface area contributed by atoms with Crippen LogP contribution in [0.4, 0.5) is 0 Å². The minimum absolute atomic E-state index is 0.594. The quantitative estimate of drug-likeness (QED) is 0.715. The van der Waals surface area contributed by atoms with Gasteiger partial charge in [0.05, 0.1) is 16.7 Å². The van der Waals surface area contributed by atoms with Gasteiger partial charge in [0.2, 0.25) is 0 Å². The van der Waals surface area contributed by atoms with Gasteiger partial charge in [0, 0.05) is 33.3 Å². The number of ether oxygens (including phenoxy) is 1. The minimum Gasteiger partial charge on any atom is -0.383 e. The van der Waals surface area contributed by atoms with E-state index in [0.717, 1.165) is 38.3 Å². The van der Waals surface area contributed by atoms with Crippen LogP contribution in [0.3, 0.4) is 0 Å². The van der Waals surface area contributed by atoms with Crippen LogP contribution in [0.15, 0.2) is 18.2 Å². The molecule has 0 aromatic heterocycles. The summed E-state index contributed by atoms with van der Waals surface area (Å²) in [6, 6.07) is 5.67. The first-order chi connectivity index (χ1) is 8.24. The molecule has 0 saturated heterocycles. The van der Waals surface area contributed by atoms with Crippen molar-refractivity contribution in [2.45, 2.75) is 6.54 Å². The average Bonchev–Trinajstić information content (AvgIpc) is 2.32. The predicted octanol–water partition coefficient (Wildman–Crippen LogP) is 2.32. The van der Waals surface area contributed by atoms with Gasteiger partial charge in [0.1, 0.15) is 0 Å². The highest BCUT2D eigenvalue weighted by molar-refractivity contribution is 6.42. The summed E-state index contributed by atoms with van der Waals surface area (Å²) in [7, 11) is 1.70. The number of rotatable bonds is 8. The van der Waals surface area contributed by atoms with Gasteiger partial charge in [-0.1, -0.05) is 29.3 Å². The summed E-state index contributed by atoms with van der Waals surface area (Å²) in [5.74, 6) is 0. The van der Waals surface area contributed by atoms with Crippen LogP contribution in [0.2, 0.25) is 10.0 Å². The third-order valence-corrected chi connectivity index (χ3v) is 3.01. The highest BCUT2D eigenvalue weighted by Gasteiger charge is 1.98. The summed E-state index contributed by atoms with van der Waals surface area (Å²) in [4.78, 5) is 0. The Kier molecular flexibility index (Phi) is 7.56. The first-order valence-electron chi connectivity index (χ1n) is 5.58. The number of benzene rings is 1. The zero-order chi connectivity index (χ0) is 12.5. The summed E-state index contributed by atoms with van der Waals surface area (Å²) in [5.41, 5.74) is 1.14. The van der Waals surface area contributed by atoms with Gasteiger partial charge in [-0.25, -0.2) is 0 Å². The summed E-state index contributed by atoms with van der Waals surface area (Å²) < 4.78 is 4.93. The van der Waals surface area contributed by atoms with E-state index >= 15 is 0 Å². The van der Waals surface area contributed by atoms with Crippen LogP contribution in [0, 0.1) is 0 Å². The second-order valence-corrected chi connectivity index (χ2v) is 4.48. The fraction of sp³-hybridized carbons (Fsp3) is 0.500. The first-order valence-corrected chi connectivity index (χ1v) is 6.34. The van der Waals surface area contributed by atoms with Crippen LogP contribution in [0.25, 0.3) is 0 Å². The molecule has 1 aromatic rings. The van der Waals surface area contributed by atoms with Crippen LogP contribution >= 0.6 is 23.2 Å². The smallest absolute Gasteiger partial charge is 0.0595 e. The molecule has 0 aliphatic heterocycles. The van der Waals surface area contributed by atoms with Crippen molar-refractivity contribution in [2.75, 3.05) is 33.4 Å². The molecule has 0 unspecified atom stereocenters. The van der Waals surface area contributed by atoms with E-state index < -0.39 is 0 Å². The van der Waals surface area contributed by atoms with Crippen LogP contribution in [0.5, 0.6) is 0 Å². The number of hydrogen-bond acceptors (Lipinski definition) is 3. The van der Waals surface area contributed by atoms with Crippen molar-refractivity contribution in [3.63, 3.8) is 0 Å². The molecule has 0 bridgehead atoms. The number of hydrogen-bond donors (Lipinski definition) is 2. The topological polar surface area (TPSA) is 33.3 Å². The summed E-state index contributed by atoms with van der Waals surface area (Å²) in [6.45, 7) is 4.25. The van der Waals surface area contributed by atoms with Gasteiger partial charge >= 0.3 is 0 Å². The number of halogens is 2. The van der Waals surface area contributed by atoms with Crippen LogP contribution in [-0.4, -0.2) is 33.4 Å². The molecule has 1 rings (SSSR count). The molecule has 0 fully saturated rings. The van der Waals surface area contributed by atoms with Gasteiger partial charge in [-0.15, -0.1) is 0 Å². The Labute approximate surface area is 112 Å². The first kappa shape index (κ1) is 14.7. The van der Waals surface area contributed by atoms with Crippen LogP contribution < -0.4 is 10.6 Å². The lowest BCUT2D eigenvalue weighted by Crippen LogP contribution is -2.29. The Morgan fingerprint density at radius 1 is 1.06 bits per heavy atom. The monoisotopic (exact) mass is 276 g/mol. The molecule has 0 saturated carbocycles. The van der Waals surface area contributed by atoms with Crippen molar-refractivity contribution < 1.29 is 4.74 Å². The SMILES string of the molecule is COCCNCCNCc1ccc(Cl)c(Cl)c1. The maximum atomic E-state index is 5.93. The molecule has 0 spiro atoms. The largest absolute Gasteiger partial charge is 0.383 e. The van der Waals surface area contributed by atoms with Crippen molar-refractivity contribution in [3.05, 3.63) is 33.8 Å². The van der Waals surface area contributed by atoms with Gasteiger partial charge in [-0.2, -0.15) is 0 Å². The minimum atomic E-state index is 0.594. The lowest BCUT2D eigenvalue weighted by atomic mass is 10.2. The molecule has 0 aliphatic rings. The zero-order valence-electron chi connectivity index (χ0n) is 9.93. The maximum Gasteiger partial charge on any atom is 0.0595 e. The summed E-state index contributed by atoms with van der Waals surface area (Å²) in [6.07, 6.45) is 0. The van der Waals surface area contributed by atoms with E-state index in [4.69, 9.17) is 27.9 Å². The summed E-state index contributed by atoms with van der Waals surface area (Å²) in [5, 5.41) is 7.77. The van der Waals surface area contributed by atoms with Crippen LogP contribution in [0.1, 0.15) is 5.56 Å². The normalized spacial score (nSPS) is 10.8. The lowest BCUT2D eigenvalue weighted by Gasteiger charge is -2.07. The molecule has 5 heteroatoms. The molecule has 1 aromatic carbocycles. The highest BCUT2D eigenvalue weighted by atomic mass is 35.5. The van der Waals surface area contributed by atoms with Gasteiger partial charge < -0.3 is 15.4 Å². The van der Waals surface area contributed by atoms with Gasteiger partial charge in [-0.3, -0.25) is 0 Å². The molecule has 0 heterocycles. The molecular weight excluding hydrogens is 259 g/mol. The van der Waals surface area contributed by atoms with Gasteiger partial charge in [0.25, 0.3) is 0 Å². The molecule has 3 nitrogen and oxygen atoms in total. The molecule has 17 heavy (non-hydrogen) atoms. The van der Waals surface area contributed by atoms with Crippen molar-refractivity contribution in [1.82, 2.24) is 10.6 Å². The van der Waals surface area contributed by atoms with Gasteiger partial charge in [0.15, 0.2) is 0 Å². The van der Waals surface area contributed by atoms with E-state index in [1.165, 1.54) is 0 Å². The fourth-order valence-electron chi connectivity index (χ4n) is 1.36. The maximum absolute atomic E-state index is 5.93. The van der Waals surface area contributed by atoms with E-state index in [0.29, 0.717) is 10.0 Å². The molecule has 0 amide bonds. The fourth-order valence-corrected chi connectivity index (χ4v) is 1.68. The number of nitrogens with one attached hydrogen (secondary N) is 2. The highest BCUT2D eigenvalue weighted by Crippen LogP contribution is 2.22. The summed E-state index contributed by atoms with van der Waals surface area (Å²) >= 11 is 11.8. The lowest BCUT2D eigenvalue weighted by molar-refractivity contribution is 0.199. The molecule has 0 atom stereocenters. The van der Waals surface area contributed by atoms with Gasteiger partial charge in [-0.05, 0) is 17.7 Å². The average molecular weight is 277 g/mol. The van der Waals surface area contributed by atoms with Crippen LogP contribution in [-0.2, 0) is 11.3 Å². The Bertz CT molecular complexity index is 334. The zero-order valence-corrected chi connectivity index (χ0v) is 11.4. The van der Waals surface area contributed by atoms with E-state index in [9.17, 15) is 0 Å². The third kappa shape index (κ3) is 6.24. The standard InChI is InChI=1S/C12H18Cl2N2O/c1-17-7-6-15-4-5-16-9-10-2-3-11(13)12(14)8-10/h2-3,8,15-16H,4-7,9H2,1H3. The molecule has 0 aliphatic carbocycles. The molecule has 2 N–H and O–H groups in total. The Hall–Kier alpha value is -0.320. The molecule has 0 radical (unpaired) electrons. The van der Waals surface area contributed by atoms with Crippen molar-refractivity contribution in [3.8, 4) is 0 Å². The van der Waals surface area contributed by atoms with E-state index in [-0.39, 0.29) is 0 Å². The molecular formula is C12H18Cl2N2O. The van der Waals surface area contributed by atoms with E-state index in [2.05, 4.69) is 10.6 Å². The van der Waals surface area contributed by atoms with E-state index in [1.54, 1.807) is 7.11 Å². The Morgan fingerprint density at radius 3 is 2.53 bits per heavy atom. The Morgan fingerprint density at radius 2 is 1.82 bits per heavy atom. The molecule has 96 valence electrons.